The van der Waals surface area contributed by atoms with Gasteiger partial charge in [0.05, 0.1) is 12.7 Å². The molecular formula is C21H27N4O9P. The Bertz CT molecular complexity index is 1100. The number of nitrogens with one attached hydrogen (secondary N) is 1. The third kappa shape index (κ3) is 6.37. The number of ether oxygens (including phenoxy) is 2. The maximum atomic E-state index is 13.5. The van der Waals surface area contributed by atoms with Crippen LogP contribution in [0.3, 0.4) is 0 Å². The summed E-state index contributed by atoms with van der Waals surface area (Å²) in [6.45, 7) is 4.22. The van der Waals surface area contributed by atoms with Gasteiger partial charge in [0.15, 0.2) is 6.23 Å². The summed E-state index contributed by atoms with van der Waals surface area (Å²) < 4.78 is 36.2. The first-order chi connectivity index (χ1) is 16.5. The summed E-state index contributed by atoms with van der Waals surface area (Å²) in [7, 11) is -4.23. The van der Waals surface area contributed by atoms with Crippen molar-refractivity contribution in [3.05, 3.63) is 42.4 Å². The van der Waals surface area contributed by atoms with Gasteiger partial charge in [-0.1, -0.05) is 18.2 Å². The van der Waals surface area contributed by atoms with E-state index in [4.69, 9.17) is 23.8 Å². The van der Waals surface area contributed by atoms with E-state index in [1.165, 1.54) is 19.1 Å². The molecular weight excluding hydrogens is 483 g/mol. The smallest absolute Gasteiger partial charge is 0.459 e. The van der Waals surface area contributed by atoms with Crippen LogP contribution in [0.2, 0.25) is 0 Å². The van der Waals surface area contributed by atoms with Crippen LogP contribution in [0.1, 0.15) is 32.7 Å². The van der Waals surface area contributed by atoms with Gasteiger partial charge in [0, 0.05) is 0 Å². The van der Waals surface area contributed by atoms with Crippen LogP contribution in [0.4, 0.5) is 0 Å². The topological polar surface area (TPSA) is 185 Å². The Morgan fingerprint density at radius 1 is 1.29 bits per heavy atom. The second-order valence-corrected chi connectivity index (χ2v) is 9.71. The highest BCUT2D eigenvalue weighted by Crippen LogP contribution is 2.46. The molecule has 1 aliphatic heterocycles. The number of para-hydroxylation sites is 1. The van der Waals surface area contributed by atoms with Crippen molar-refractivity contribution >= 4 is 13.7 Å². The third-order valence-electron chi connectivity index (χ3n) is 4.92. The molecule has 1 fully saturated rings. The molecule has 6 atom stereocenters. The van der Waals surface area contributed by atoms with E-state index in [-0.39, 0.29) is 11.4 Å². The fourth-order valence-electron chi connectivity index (χ4n) is 3.22. The number of carbonyl (C=O) groups excluding carboxylic acids is 1. The predicted molar refractivity (Wildman–Crippen MR) is 119 cm³/mol. The first-order valence-corrected chi connectivity index (χ1v) is 12.2. The molecule has 1 aromatic heterocycles. The fourth-order valence-corrected chi connectivity index (χ4v) is 4.72. The van der Waals surface area contributed by atoms with E-state index in [9.17, 15) is 24.7 Å². The van der Waals surface area contributed by atoms with Gasteiger partial charge in [-0.3, -0.25) is 13.9 Å². The number of nitriles is 1. The van der Waals surface area contributed by atoms with Crippen LogP contribution in [0, 0.1) is 11.3 Å². The summed E-state index contributed by atoms with van der Waals surface area (Å²) in [6, 6.07) is 8.68. The monoisotopic (exact) mass is 510 g/mol. The number of imidazole rings is 1. The van der Waals surface area contributed by atoms with Crippen molar-refractivity contribution in [3.8, 4) is 17.7 Å². The zero-order chi connectivity index (χ0) is 25.8. The molecule has 0 aliphatic carbocycles. The van der Waals surface area contributed by atoms with Crippen LogP contribution < -0.4 is 9.61 Å². The number of aromatic nitrogens is 2. The molecule has 4 N–H and O–H groups in total. The lowest BCUT2D eigenvalue weighted by molar-refractivity contribution is -0.149. The van der Waals surface area contributed by atoms with E-state index < -0.39 is 62.9 Å². The Balaban J connectivity index is 1.74. The zero-order valence-corrected chi connectivity index (χ0v) is 20.1. The predicted octanol–water partition coefficient (Wildman–Crippen LogP) is 1.21. The van der Waals surface area contributed by atoms with Crippen LogP contribution >= 0.6 is 7.75 Å². The number of aliphatic hydroxyl groups is 2. The largest absolute Gasteiger partial charge is 0.492 e. The average molecular weight is 510 g/mol. The number of aromatic hydroxyl groups is 1. The van der Waals surface area contributed by atoms with Crippen molar-refractivity contribution in [2.24, 2.45) is 0 Å². The molecule has 0 amide bonds. The van der Waals surface area contributed by atoms with E-state index in [2.05, 4.69) is 10.1 Å². The zero-order valence-electron chi connectivity index (χ0n) is 19.2. The first kappa shape index (κ1) is 26.6. The SMILES string of the molecule is CC(C)OC(=O)[C@H](C)NP(=O)(OC[C@H]1O[C@@H](n2cnc(C#N)c2O)[C@H](O)C1O)Oc1ccccc1. The lowest BCUT2D eigenvalue weighted by atomic mass is 10.1. The number of benzene rings is 1. The highest BCUT2D eigenvalue weighted by atomic mass is 31.2. The summed E-state index contributed by atoms with van der Waals surface area (Å²) in [6.07, 6.45) is -4.88. The highest BCUT2D eigenvalue weighted by Gasteiger charge is 2.46. The molecule has 2 unspecified atom stereocenters. The molecule has 0 bridgehead atoms. The van der Waals surface area contributed by atoms with Crippen molar-refractivity contribution in [2.45, 2.75) is 57.5 Å². The minimum atomic E-state index is -4.23. The summed E-state index contributed by atoms with van der Waals surface area (Å²) in [5.74, 6) is -1.05. The van der Waals surface area contributed by atoms with Crippen LogP contribution in [-0.2, 0) is 23.4 Å². The Labute approximate surface area is 201 Å². The van der Waals surface area contributed by atoms with Gasteiger partial charge in [0.2, 0.25) is 11.6 Å². The molecule has 190 valence electrons. The van der Waals surface area contributed by atoms with Gasteiger partial charge in [-0.25, -0.2) is 9.55 Å². The van der Waals surface area contributed by atoms with Crippen molar-refractivity contribution in [3.63, 3.8) is 0 Å². The van der Waals surface area contributed by atoms with Gasteiger partial charge in [0.25, 0.3) is 0 Å². The lowest BCUT2D eigenvalue weighted by Crippen LogP contribution is -2.38. The number of carbonyl (C=O) groups is 1. The standard InChI is InChI=1S/C21H27N4O9P/c1-12(2)32-21(29)13(3)24-35(30,34-14-7-5-4-6-8-14)31-10-16-17(26)18(27)20(33-16)25-11-23-15(9-22)19(25)28/h4-8,11-13,16-18,20,26-28H,10H2,1-3H3,(H,24,30)/t13-,16+,17?,18+,20+,35?/m0/s1. The molecule has 13 nitrogen and oxygen atoms in total. The van der Waals surface area contributed by atoms with E-state index in [1.807, 2.05) is 0 Å². The number of rotatable bonds is 10. The van der Waals surface area contributed by atoms with Gasteiger partial charge < -0.3 is 29.3 Å². The van der Waals surface area contributed by atoms with Crippen LogP contribution in [0.25, 0.3) is 0 Å². The minimum absolute atomic E-state index is 0.186. The van der Waals surface area contributed by atoms with E-state index in [0.29, 0.717) is 0 Å². The van der Waals surface area contributed by atoms with E-state index in [1.54, 1.807) is 38.1 Å². The van der Waals surface area contributed by atoms with Crippen molar-refractivity contribution < 1.29 is 43.2 Å². The summed E-state index contributed by atoms with van der Waals surface area (Å²) in [4.78, 5) is 15.9. The van der Waals surface area contributed by atoms with E-state index >= 15 is 0 Å². The lowest BCUT2D eigenvalue weighted by Gasteiger charge is -2.25. The fraction of sp³-hybridized carbons (Fsp3) is 0.476. The van der Waals surface area contributed by atoms with Gasteiger partial charge in [0.1, 0.15) is 42.5 Å². The summed E-state index contributed by atoms with van der Waals surface area (Å²) in [5.41, 5.74) is -0.290. The molecule has 1 saturated heterocycles. The Hall–Kier alpha value is -2.98. The minimum Gasteiger partial charge on any atom is -0.492 e. The van der Waals surface area contributed by atoms with Gasteiger partial charge >= 0.3 is 13.7 Å². The molecule has 1 aromatic carbocycles. The molecule has 1 aliphatic rings. The molecule has 35 heavy (non-hydrogen) atoms. The van der Waals surface area contributed by atoms with Gasteiger partial charge in [-0.05, 0) is 32.9 Å². The maximum absolute atomic E-state index is 13.5. The van der Waals surface area contributed by atoms with Crippen LogP contribution in [-0.4, -0.2) is 67.9 Å². The van der Waals surface area contributed by atoms with Crippen molar-refractivity contribution in [1.29, 1.82) is 5.26 Å². The second kappa shape index (κ2) is 11.2. The number of hydrogen-bond acceptors (Lipinski definition) is 11. The Morgan fingerprint density at radius 3 is 2.57 bits per heavy atom. The molecule has 0 spiro atoms. The molecule has 2 aromatic rings. The highest BCUT2D eigenvalue weighted by molar-refractivity contribution is 7.52. The van der Waals surface area contributed by atoms with Crippen LogP contribution in [0.15, 0.2) is 36.7 Å². The molecule has 2 heterocycles. The molecule has 3 rings (SSSR count). The number of nitrogens with zero attached hydrogens (tertiary/aromatic N) is 3. The first-order valence-electron chi connectivity index (χ1n) is 10.7. The second-order valence-electron chi connectivity index (χ2n) is 8.02. The number of esters is 1. The average Bonchev–Trinajstić information content (AvgIpc) is 3.31. The molecule has 0 saturated carbocycles. The summed E-state index contributed by atoms with van der Waals surface area (Å²) in [5, 5.41) is 42.4. The van der Waals surface area contributed by atoms with Gasteiger partial charge in [-0.2, -0.15) is 10.3 Å². The van der Waals surface area contributed by atoms with Crippen molar-refractivity contribution in [2.75, 3.05) is 6.61 Å². The molecule has 0 radical (unpaired) electrons. The number of aliphatic hydroxyl groups excluding tert-OH is 2. The van der Waals surface area contributed by atoms with Crippen LogP contribution in [0.5, 0.6) is 11.6 Å². The third-order valence-corrected chi connectivity index (χ3v) is 6.56. The number of hydrogen-bond donors (Lipinski definition) is 4. The normalized spacial score (nSPS) is 24.5. The summed E-state index contributed by atoms with van der Waals surface area (Å²) >= 11 is 0. The Kier molecular flexibility index (Phi) is 8.50. The quantitative estimate of drug-likeness (QED) is 0.265. The van der Waals surface area contributed by atoms with Gasteiger partial charge in [-0.15, -0.1) is 0 Å². The van der Waals surface area contributed by atoms with Crippen molar-refractivity contribution in [1.82, 2.24) is 14.6 Å². The van der Waals surface area contributed by atoms with E-state index in [0.717, 1.165) is 10.9 Å². The Morgan fingerprint density at radius 2 is 1.97 bits per heavy atom. The molecule has 14 heteroatoms. The maximum Gasteiger partial charge on any atom is 0.459 e.